The lowest BCUT2D eigenvalue weighted by Crippen LogP contribution is -2.28. The van der Waals surface area contributed by atoms with E-state index in [1.807, 2.05) is 74.1 Å². The van der Waals surface area contributed by atoms with Crippen LogP contribution in [0.1, 0.15) is 33.2 Å². The Kier molecular flexibility index (Phi) is 4.40. The van der Waals surface area contributed by atoms with Crippen molar-refractivity contribution in [2.45, 2.75) is 20.0 Å². The number of rotatable bonds is 4. The van der Waals surface area contributed by atoms with Gasteiger partial charge < -0.3 is 15.0 Å². The number of nitrogens with one attached hydrogen (secondary N) is 1. The molecule has 3 rings (SSSR count). The van der Waals surface area contributed by atoms with Crippen molar-refractivity contribution in [2.24, 2.45) is 7.05 Å². The van der Waals surface area contributed by atoms with Gasteiger partial charge in [0.2, 0.25) is 0 Å². The molecule has 0 saturated carbocycles. The maximum Gasteiger partial charge on any atom is 0.251 e. The molecule has 0 saturated heterocycles. The van der Waals surface area contributed by atoms with E-state index in [1.54, 1.807) is 0 Å². The molecule has 1 atom stereocenters. The molecule has 0 spiro atoms. The fourth-order valence-corrected chi connectivity index (χ4v) is 3.15. The fraction of sp³-hybridized carbons (Fsp3) is 0.250. The molecule has 124 valence electrons. The number of hydrogen-bond acceptors (Lipinski definition) is 2. The minimum absolute atomic E-state index is 0.166. The number of fused-ring (bicyclic) bond motifs is 1. The molecule has 24 heavy (non-hydrogen) atoms. The first-order chi connectivity index (χ1) is 11.5. The van der Waals surface area contributed by atoms with E-state index in [2.05, 4.69) is 5.32 Å². The Morgan fingerprint density at radius 3 is 2.54 bits per heavy atom. The minimum Gasteiger partial charge on any atom is -0.386 e. The zero-order valence-corrected chi connectivity index (χ0v) is 14.2. The zero-order valence-electron chi connectivity index (χ0n) is 14.2. The van der Waals surface area contributed by atoms with Crippen LogP contribution in [0.3, 0.4) is 0 Å². The molecule has 3 aromatic rings. The smallest absolute Gasteiger partial charge is 0.251 e. The largest absolute Gasteiger partial charge is 0.386 e. The van der Waals surface area contributed by atoms with Gasteiger partial charge in [-0.3, -0.25) is 4.79 Å². The van der Waals surface area contributed by atoms with Gasteiger partial charge in [0, 0.05) is 41.8 Å². The highest BCUT2D eigenvalue weighted by atomic mass is 16.3. The molecule has 1 unspecified atom stereocenters. The monoisotopic (exact) mass is 322 g/mol. The number of nitrogens with zero attached hydrogens (tertiary/aromatic N) is 1. The molecule has 0 aliphatic heterocycles. The Morgan fingerprint density at radius 2 is 1.83 bits per heavy atom. The third-order valence-corrected chi connectivity index (χ3v) is 4.23. The summed E-state index contributed by atoms with van der Waals surface area (Å²) in [4.78, 5) is 12.3. The fourth-order valence-electron chi connectivity index (χ4n) is 3.15. The van der Waals surface area contributed by atoms with Gasteiger partial charge in [-0.05, 0) is 32.0 Å². The molecule has 2 aromatic carbocycles. The molecule has 0 radical (unpaired) electrons. The average Bonchev–Trinajstić information content (AvgIpc) is 2.89. The Balaban J connectivity index is 1.75. The van der Waals surface area contributed by atoms with Crippen LogP contribution in [0.15, 0.2) is 48.7 Å². The van der Waals surface area contributed by atoms with Crippen molar-refractivity contribution in [1.82, 2.24) is 9.88 Å². The molecular weight excluding hydrogens is 300 g/mol. The predicted molar refractivity (Wildman–Crippen MR) is 96.1 cm³/mol. The van der Waals surface area contributed by atoms with Gasteiger partial charge in [0.05, 0.1) is 6.10 Å². The van der Waals surface area contributed by atoms with Crippen molar-refractivity contribution in [1.29, 1.82) is 0 Å². The third-order valence-electron chi connectivity index (χ3n) is 4.23. The SMILES string of the molecule is Cc1cc(C)cc(C(=O)NCC(O)c2cn(C)c3ccccc23)c1. The van der Waals surface area contributed by atoms with Crippen LogP contribution in [0.2, 0.25) is 0 Å². The lowest BCUT2D eigenvalue weighted by Gasteiger charge is -2.12. The number of carbonyl (C=O) groups is 1. The van der Waals surface area contributed by atoms with E-state index in [0.717, 1.165) is 27.6 Å². The summed E-state index contributed by atoms with van der Waals surface area (Å²) in [5.41, 5.74) is 4.61. The van der Waals surface area contributed by atoms with E-state index in [4.69, 9.17) is 0 Å². The number of benzene rings is 2. The first-order valence-corrected chi connectivity index (χ1v) is 8.04. The van der Waals surface area contributed by atoms with E-state index in [-0.39, 0.29) is 12.5 Å². The molecule has 0 aliphatic rings. The second kappa shape index (κ2) is 6.49. The van der Waals surface area contributed by atoms with E-state index in [1.165, 1.54) is 0 Å². The Hall–Kier alpha value is -2.59. The van der Waals surface area contributed by atoms with Crippen molar-refractivity contribution in [3.63, 3.8) is 0 Å². The molecule has 0 fully saturated rings. The van der Waals surface area contributed by atoms with Gasteiger partial charge in [0.1, 0.15) is 0 Å². The molecule has 1 amide bonds. The van der Waals surface area contributed by atoms with Crippen molar-refractivity contribution in [3.05, 3.63) is 70.9 Å². The normalized spacial score (nSPS) is 12.3. The second-order valence-corrected chi connectivity index (χ2v) is 6.31. The number of aliphatic hydroxyl groups excluding tert-OH is 1. The number of hydrogen-bond donors (Lipinski definition) is 2. The van der Waals surface area contributed by atoms with Gasteiger partial charge in [-0.1, -0.05) is 35.4 Å². The van der Waals surface area contributed by atoms with Crippen molar-refractivity contribution >= 4 is 16.8 Å². The summed E-state index contributed by atoms with van der Waals surface area (Å²) < 4.78 is 1.99. The number of aryl methyl sites for hydroxylation is 3. The van der Waals surface area contributed by atoms with E-state index in [0.29, 0.717) is 5.56 Å². The van der Waals surface area contributed by atoms with Gasteiger partial charge in [-0.2, -0.15) is 0 Å². The van der Waals surface area contributed by atoms with Crippen LogP contribution in [0.5, 0.6) is 0 Å². The highest BCUT2D eigenvalue weighted by Crippen LogP contribution is 2.25. The highest BCUT2D eigenvalue weighted by Gasteiger charge is 2.16. The zero-order chi connectivity index (χ0) is 17.3. The molecule has 1 heterocycles. The Bertz CT molecular complexity index is 876. The average molecular weight is 322 g/mol. The molecular formula is C20H22N2O2. The number of carbonyl (C=O) groups excluding carboxylic acids is 1. The van der Waals surface area contributed by atoms with Crippen molar-refractivity contribution < 1.29 is 9.90 Å². The van der Waals surface area contributed by atoms with Crippen molar-refractivity contribution in [3.8, 4) is 0 Å². The van der Waals surface area contributed by atoms with Gasteiger partial charge in [0.25, 0.3) is 5.91 Å². The molecule has 0 aliphatic carbocycles. The highest BCUT2D eigenvalue weighted by molar-refractivity contribution is 5.94. The van der Waals surface area contributed by atoms with E-state index >= 15 is 0 Å². The van der Waals surface area contributed by atoms with E-state index < -0.39 is 6.10 Å². The second-order valence-electron chi connectivity index (χ2n) is 6.31. The van der Waals surface area contributed by atoms with Gasteiger partial charge in [-0.25, -0.2) is 0 Å². The first kappa shape index (κ1) is 16.3. The van der Waals surface area contributed by atoms with Crippen LogP contribution in [-0.4, -0.2) is 22.1 Å². The summed E-state index contributed by atoms with van der Waals surface area (Å²) in [6.07, 6.45) is 1.17. The Labute approximate surface area is 141 Å². The third kappa shape index (κ3) is 3.19. The van der Waals surface area contributed by atoms with Gasteiger partial charge >= 0.3 is 0 Å². The lowest BCUT2D eigenvalue weighted by atomic mass is 10.1. The molecule has 2 N–H and O–H groups in total. The molecule has 0 bridgehead atoms. The van der Waals surface area contributed by atoms with Crippen LogP contribution in [0.25, 0.3) is 10.9 Å². The first-order valence-electron chi connectivity index (χ1n) is 8.04. The Morgan fingerprint density at radius 1 is 1.17 bits per heavy atom. The topological polar surface area (TPSA) is 54.3 Å². The summed E-state index contributed by atoms with van der Waals surface area (Å²) in [5, 5.41) is 14.3. The molecule has 4 heteroatoms. The summed E-state index contributed by atoms with van der Waals surface area (Å²) in [6, 6.07) is 13.7. The van der Waals surface area contributed by atoms with Gasteiger partial charge in [0.15, 0.2) is 0 Å². The van der Waals surface area contributed by atoms with Crippen LogP contribution in [-0.2, 0) is 7.05 Å². The summed E-state index contributed by atoms with van der Waals surface area (Å²) in [7, 11) is 1.95. The van der Waals surface area contributed by atoms with Crippen LogP contribution in [0, 0.1) is 13.8 Å². The minimum atomic E-state index is -0.744. The lowest BCUT2D eigenvalue weighted by molar-refractivity contribution is 0.0916. The van der Waals surface area contributed by atoms with Crippen molar-refractivity contribution in [2.75, 3.05) is 6.54 Å². The number of para-hydroxylation sites is 1. The summed E-state index contributed by atoms with van der Waals surface area (Å²) in [6.45, 7) is 4.11. The molecule has 4 nitrogen and oxygen atoms in total. The van der Waals surface area contributed by atoms with Gasteiger partial charge in [-0.15, -0.1) is 0 Å². The maximum atomic E-state index is 12.3. The standard InChI is InChI=1S/C20H22N2O2/c1-13-8-14(2)10-15(9-13)20(24)21-11-19(23)17-12-22(3)18-7-5-4-6-16(17)18/h4-10,12,19,23H,11H2,1-3H3,(H,21,24). The number of amides is 1. The summed E-state index contributed by atoms with van der Waals surface area (Å²) >= 11 is 0. The van der Waals surface area contributed by atoms with Crippen LogP contribution >= 0.6 is 0 Å². The van der Waals surface area contributed by atoms with Crippen LogP contribution < -0.4 is 5.32 Å². The molecule has 1 aromatic heterocycles. The maximum absolute atomic E-state index is 12.3. The number of aromatic nitrogens is 1. The summed E-state index contributed by atoms with van der Waals surface area (Å²) in [5.74, 6) is -0.166. The van der Waals surface area contributed by atoms with E-state index in [9.17, 15) is 9.90 Å². The quantitative estimate of drug-likeness (QED) is 0.774. The van der Waals surface area contributed by atoms with Crippen LogP contribution in [0.4, 0.5) is 0 Å². The predicted octanol–water partition coefficient (Wildman–Crippen LogP) is 3.26. The number of aliphatic hydroxyl groups is 1.